The summed E-state index contributed by atoms with van der Waals surface area (Å²) in [5, 5.41) is 10.6. The maximum atomic E-state index is 13.0. The van der Waals surface area contributed by atoms with Gasteiger partial charge in [0.15, 0.2) is 12.2 Å². The fourth-order valence-electron chi connectivity index (χ4n) is 9.93. The van der Waals surface area contributed by atoms with Crippen LogP contribution in [0.2, 0.25) is 0 Å². The number of aliphatic hydroxyl groups is 1. The highest BCUT2D eigenvalue weighted by molar-refractivity contribution is 7.47. The molecule has 0 spiro atoms. The van der Waals surface area contributed by atoms with Crippen molar-refractivity contribution in [2.75, 3.05) is 39.6 Å². The van der Waals surface area contributed by atoms with Crippen LogP contribution >= 0.6 is 15.6 Å². The molecule has 0 heterocycles. The lowest BCUT2D eigenvalue weighted by Crippen LogP contribution is -2.30. The van der Waals surface area contributed by atoms with Gasteiger partial charge in [-0.05, 0) is 49.4 Å². The summed E-state index contributed by atoms with van der Waals surface area (Å²) in [4.78, 5) is 72.3. The second kappa shape index (κ2) is 57.0. The highest BCUT2D eigenvalue weighted by Crippen LogP contribution is 2.45. The summed E-state index contributed by atoms with van der Waals surface area (Å²) in [5.41, 5.74) is 0. The summed E-state index contributed by atoms with van der Waals surface area (Å²) in [5.74, 6) is 0.800. The Morgan fingerprint density at radius 2 is 0.558 bits per heavy atom. The quantitative estimate of drug-likeness (QED) is 0.0222. The van der Waals surface area contributed by atoms with Crippen LogP contribution in [-0.2, 0) is 65.4 Å². The number of unbranched alkanes of at least 4 members (excludes halogenated alkanes) is 29. The average molecular weight is 1270 g/mol. The van der Waals surface area contributed by atoms with Gasteiger partial charge in [-0.3, -0.25) is 37.3 Å². The summed E-state index contributed by atoms with van der Waals surface area (Å²) in [6.07, 6.45) is 37.7. The molecule has 510 valence electrons. The Morgan fingerprint density at radius 1 is 0.326 bits per heavy atom. The Morgan fingerprint density at radius 3 is 0.826 bits per heavy atom. The van der Waals surface area contributed by atoms with Crippen LogP contribution in [0.4, 0.5) is 0 Å². The number of carbonyl (C=O) groups excluding carboxylic acids is 4. The lowest BCUT2D eigenvalue weighted by Gasteiger charge is -2.21. The Kier molecular flexibility index (Phi) is 55.7. The zero-order valence-electron chi connectivity index (χ0n) is 55.9. The minimum Gasteiger partial charge on any atom is -0.462 e. The third-order valence-corrected chi connectivity index (χ3v) is 17.6. The largest absolute Gasteiger partial charge is 0.472 e. The van der Waals surface area contributed by atoms with E-state index >= 15 is 0 Å². The van der Waals surface area contributed by atoms with Gasteiger partial charge in [0.05, 0.1) is 26.4 Å². The summed E-state index contributed by atoms with van der Waals surface area (Å²) in [6.45, 7) is 14.0. The molecule has 0 radical (unpaired) electrons. The van der Waals surface area contributed by atoms with Crippen LogP contribution in [0.25, 0.3) is 0 Å². The number of hydrogen-bond acceptors (Lipinski definition) is 15. The highest BCUT2D eigenvalue weighted by Gasteiger charge is 2.30. The van der Waals surface area contributed by atoms with Crippen molar-refractivity contribution in [3.05, 3.63) is 0 Å². The summed E-state index contributed by atoms with van der Waals surface area (Å²) in [7, 11) is -9.90. The number of esters is 4. The van der Waals surface area contributed by atoms with Gasteiger partial charge >= 0.3 is 39.5 Å². The van der Waals surface area contributed by atoms with E-state index in [0.717, 1.165) is 108 Å². The van der Waals surface area contributed by atoms with Gasteiger partial charge in [-0.15, -0.1) is 0 Å². The van der Waals surface area contributed by atoms with E-state index in [0.29, 0.717) is 31.6 Å². The van der Waals surface area contributed by atoms with Crippen molar-refractivity contribution in [3.8, 4) is 0 Å². The minimum absolute atomic E-state index is 0.101. The second-order valence-electron chi connectivity index (χ2n) is 25.9. The number of carbonyl (C=O) groups is 4. The van der Waals surface area contributed by atoms with Crippen molar-refractivity contribution >= 4 is 39.5 Å². The number of phosphoric acid groups is 2. The molecule has 0 saturated carbocycles. The van der Waals surface area contributed by atoms with Crippen LogP contribution in [0.3, 0.4) is 0 Å². The van der Waals surface area contributed by atoms with E-state index in [1.165, 1.54) is 128 Å². The predicted molar refractivity (Wildman–Crippen MR) is 344 cm³/mol. The van der Waals surface area contributed by atoms with Gasteiger partial charge < -0.3 is 33.8 Å². The van der Waals surface area contributed by atoms with Crippen LogP contribution in [0.5, 0.6) is 0 Å². The van der Waals surface area contributed by atoms with E-state index < -0.39 is 97.5 Å². The molecule has 0 aromatic heterocycles. The van der Waals surface area contributed by atoms with E-state index in [9.17, 15) is 43.2 Å². The molecule has 0 amide bonds. The molecule has 0 aromatic carbocycles. The molecule has 0 bridgehead atoms. The third kappa shape index (κ3) is 59.7. The zero-order valence-corrected chi connectivity index (χ0v) is 57.7. The van der Waals surface area contributed by atoms with E-state index in [2.05, 4.69) is 55.4 Å². The standard InChI is InChI=1S/C67H130O17P2/c1-9-60(8)46-38-30-21-16-18-23-32-40-48-65(70)78-54-63(84-67(72)50-42-34-26-25-29-37-45-59(6)7)56-82-86(75,76)80-52-61(68)51-79-85(73,74)81-55-62(53-77-64(69)47-39-31-22-17-15-20-28-36-44-58(4)5)83-66(71)49-41-33-24-14-12-10-11-13-19-27-35-43-57(2)3/h57-63,68H,9-56H2,1-8H3,(H,73,74)(H,75,76)/t60?,61?,62-,63-/m1/s1. The van der Waals surface area contributed by atoms with Gasteiger partial charge in [0.2, 0.25) is 0 Å². The normalized spacial score (nSPS) is 14.7. The molecule has 19 heteroatoms. The van der Waals surface area contributed by atoms with E-state index in [1.807, 2.05) is 0 Å². The number of ether oxygens (including phenoxy) is 4. The molecule has 6 atom stereocenters. The Hall–Kier alpha value is -1.94. The van der Waals surface area contributed by atoms with Gasteiger partial charge in [0.25, 0.3) is 0 Å². The third-order valence-electron chi connectivity index (χ3n) is 15.7. The minimum atomic E-state index is -4.95. The van der Waals surface area contributed by atoms with Gasteiger partial charge in [0.1, 0.15) is 19.3 Å². The SMILES string of the molecule is CCC(C)CCCCCCCCCCC(=O)OC[C@H](COP(=O)(O)OCC(O)COP(=O)(O)OC[C@@H](COC(=O)CCCCCCCCCCC(C)C)OC(=O)CCCCCCCCCCCCCC(C)C)OC(=O)CCCCCCCCC(C)C. The first-order chi connectivity index (χ1) is 41.1. The molecule has 4 unspecified atom stereocenters. The van der Waals surface area contributed by atoms with Crippen molar-refractivity contribution in [3.63, 3.8) is 0 Å². The molecule has 0 aliphatic rings. The lowest BCUT2D eigenvalue weighted by atomic mass is 9.99. The number of rotatable bonds is 64. The topological polar surface area (TPSA) is 237 Å². The van der Waals surface area contributed by atoms with Crippen molar-refractivity contribution in [1.82, 2.24) is 0 Å². The fourth-order valence-corrected chi connectivity index (χ4v) is 11.5. The van der Waals surface area contributed by atoms with Crippen LogP contribution in [0.15, 0.2) is 0 Å². The van der Waals surface area contributed by atoms with Crippen molar-refractivity contribution < 1.29 is 80.2 Å². The number of hydrogen-bond donors (Lipinski definition) is 3. The smallest absolute Gasteiger partial charge is 0.462 e. The molecule has 0 aromatic rings. The van der Waals surface area contributed by atoms with Gasteiger partial charge in [-0.2, -0.15) is 0 Å². The average Bonchev–Trinajstić information content (AvgIpc) is 3.59. The summed E-state index contributed by atoms with van der Waals surface area (Å²) in [6, 6.07) is 0. The monoisotopic (exact) mass is 1270 g/mol. The van der Waals surface area contributed by atoms with Gasteiger partial charge in [-0.1, -0.05) is 274 Å². The molecule has 0 rings (SSSR count). The molecule has 0 aliphatic heterocycles. The van der Waals surface area contributed by atoms with Crippen molar-refractivity contribution in [2.24, 2.45) is 23.7 Å². The lowest BCUT2D eigenvalue weighted by molar-refractivity contribution is -0.161. The zero-order chi connectivity index (χ0) is 63.9. The highest BCUT2D eigenvalue weighted by atomic mass is 31.2. The molecule has 86 heavy (non-hydrogen) atoms. The van der Waals surface area contributed by atoms with E-state index in [4.69, 9.17) is 37.0 Å². The summed E-state index contributed by atoms with van der Waals surface area (Å²) < 4.78 is 68.1. The first kappa shape index (κ1) is 84.1. The maximum Gasteiger partial charge on any atom is 0.472 e. The Balaban J connectivity index is 5.25. The van der Waals surface area contributed by atoms with Crippen molar-refractivity contribution in [1.29, 1.82) is 0 Å². The number of aliphatic hydroxyl groups excluding tert-OH is 1. The summed E-state index contributed by atoms with van der Waals surface area (Å²) >= 11 is 0. The molecule has 3 N–H and O–H groups in total. The first-order valence-electron chi connectivity index (χ1n) is 34.7. The first-order valence-corrected chi connectivity index (χ1v) is 37.7. The molecule has 0 aliphatic carbocycles. The molecule has 0 saturated heterocycles. The predicted octanol–water partition coefficient (Wildman–Crippen LogP) is 18.5. The van der Waals surface area contributed by atoms with Crippen LogP contribution in [0, 0.1) is 23.7 Å². The van der Waals surface area contributed by atoms with Crippen LogP contribution < -0.4 is 0 Å². The van der Waals surface area contributed by atoms with Crippen LogP contribution in [0.1, 0.15) is 325 Å². The second-order valence-corrected chi connectivity index (χ2v) is 28.8. The van der Waals surface area contributed by atoms with Gasteiger partial charge in [-0.25, -0.2) is 9.13 Å². The van der Waals surface area contributed by atoms with E-state index in [1.54, 1.807) is 0 Å². The van der Waals surface area contributed by atoms with E-state index in [-0.39, 0.29) is 25.7 Å². The maximum absolute atomic E-state index is 13.0. The Bertz CT molecular complexity index is 1720. The van der Waals surface area contributed by atoms with Crippen LogP contribution in [-0.4, -0.2) is 96.7 Å². The Labute approximate surface area is 524 Å². The molecule has 0 fully saturated rings. The number of phosphoric ester groups is 2. The van der Waals surface area contributed by atoms with Crippen molar-refractivity contribution in [2.45, 2.75) is 343 Å². The fraction of sp³-hybridized carbons (Fsp3) is 0.940. The van der Waals surface area contributed by atoms with Gasteiger partial charge in [0, 0.05) is 25.7 Å². The molecular formula is C67H130O17P2. The molecule has 17 nitrogen and oxygen atoms in total. The molecular weight excluding hydrogens is 1140 g/mol.